The molecule has 5 aliphatic rings. The van der Waals surface area contributed by atoms with Gasteiger partial charge in [0.25, 0.3) is 0 Å². The number of ether oxygens (including phenoxy) is 2. The van der Waals surface area contributed by atoms with Gasteiger partial charge in [-0.05, 0) is 89.9 Å². The van der Waals surface area contributed by atoms with Crippen LogP contribution in [0.1, 0.15) is 141 Å². The Morgan fingerprint density at radius 3 is 1.03 bits per heavy atom. The van der Waals surface area contributed by atoms with Crippen LogP contribution in [0.5, 0.6) is 0 Å². The first kappa shape index (κ1) is 25.5. The Kier molecular flexibility index (Phi) is 10.0. The van der Waals surface area contributed by atoms with Crippen molar-refractivity contribution in [2.45, 2.75) is 190 Å². The normalized spacial score (nSPS) is 39.2. The first-order chi connectivity index (χ1) is 16.8. The number of rotatable bonds is 8. The summed E-state index contributed by atoms with van der Waals surface area (Å²) in [6.45, 7) is 0. The van der Waals surface area contributed by atoms with Gasteiger partial charge in [0, 0.05) is 24.2 Å². The zero-order valence-corrected chi connectivity index (χ0v) is 22.0. The second kappa shape index (κ2) is 13.4. The molecule has 2 atom stereocenters. The number of nitrogens with one attached hydrogen (secondary N) is 2. The van der Waals surface area contributed by atoms with Crippen molar-refractivity contribution in [2.24, 2.45) is 0 Å². The molecule has 2 unspecified atom stereocenters. The molecule has 0 radical (unpaired) electrons. The maximum atomic E-state index is 6.50. The summed E-state index contributed by atoms with van der Waals surface area (Å²) < 4.78 is 13.0. The van der Waals surface area contributed by atoms with Crippen molar-refractivity contribution in [2.75, 3.05) is 0 Å². The molecule has 4 nitrogen and oxygen atoms in total. The van der Waals surface area contributed by atoms with E-state index in [4.69, 9.17) is 9.47 Å². The van der Waals surface area contributed by atoms with Gasteiger partial charge in [-0.25, -0.2) is 0 Å². The van der Waals surface area contributed by atoms with E-state index in [2.05, 4.69) is 10.6 Å². The van der Waals surface area contributed by atoms with Gasteiger partial charge in [-0.2, -0.15) is 0 Å². The highest BCUT2D eigenvalue weighted by molar-refractivity contribution is 4.93. The SMILES string of the molecule is C1CCC(OC2CCC(NC3CCCCC3NC3CCC(OC4CCCCC4)CC3)CC2)CC1. The summed E-state index contributed by atoms with van der Waals surface area (Å²) >= 11 is 0. The van der Waals surface area contributed by atoms with E-state index >= 15 is 0 Å². The predicted octanol–water partition coefficient (Wildman–Crippen LogP) is 6.80. The first-order valence-corrected chi connectivity index (χ1v) is 15.6. The summed E-state index contributed by atoms with van der Waals surface area (Å²) in [6.07, 6.45) is 31.6. The summed E-state index contributed by atoms with van der Waals surface area (Å²) in [6, 6.07) is 2.76. The summed E-state index contributed by atoms with van der Waals surface area (Å²) in [7, 11) is 0. The molecule has 0 bridgehead atoms. The Hall–Kier alpha value is -0.160. The molecule has 2 N–H and O–H groups in total. The average Bonchev–Trinajstić information content (AvgIpc) is 2.89. The van der Waals surface area contributed by atoms with E-state index in [1.54, 1.807) is 0 Å². The van der Waals surface area contributed by atoms with Crippen molar-refractivity contribution in [1.29, 1.82) is 0 Å². The Bertz CT molecular complexity index is 508. The number of hydrogen-bond donors (Lipinski definition) is 2. The zero-order valence-electron chi connectivity index (χ0n) is 22.0. The molecule has 0 aromatic rings. The zero-order chi connectivity index (χ0) is 23.0. The van der Waals surface area contributed by atoms with E-state index in [1.165, 1.54) is 141 Å². The molecule has 0 heterocycles. The lowest BCUT2D eigenvalue weighted by Crippen LogP contribution is -2.56. The molecule has 0 aromatic carbocycles. The van der Waals surface area contributed by atoms with Crippen LogP contribution >= 0.6 is 0 Å². The van der Waals surface area contributed by atoms with Crippen LogP contribution in [-0.2, 0) is 9.47 Å². The van der Waals surface area contributed by atoms with Crippen molar-refractivity contribution in [3.8, 4) is 0 Å². The summed E-state index contributed by atoms with van der Waals surface area (Å²) in [5.74, 6) is 0. The minimum Gasteiger partial charge on any atom is -0.375 e. The molecule has 0 aliphatic heterocycles. The molecule has 0 spiro atoms. The van der Waals surface area contributed by atoms with E-state index in [0.717, 1.165) is 0 Å². The lowest BCUT2D eigenvalue weighted by Gasteiger charge is -2.41. The number of hydrogen-bond acceptors (Lipinski definition) is 4. The smallest absolute Gasteiger partial charge is 0.0580 e. The molecule has 5 rings (SSSR count). The molecule has 0 amide bonds. The monoisotopic (exact) mass is 474 g/mol. The van der Waals surface area contributed by atoms with Gasteiger partial charge in [-0.3, -0.25) is 0 Å². The molecule has 5 aliphatic carbocycles. The van der Waals surface area contributed by atoms with Crippen LogP contribution in [0.4, 0.5) is 0 Å². The van der Waals surface area contributed by atoms with E-state index in [-0.39, 0.29) is 0 Å². The fourth-order valence-electron chi connectivity index (χ4n) is 7.81. The maximum absolute atomic E-state index is 6.50. The third kappa shape index (κ3) is 7.67. The fourth-order valence-corrected chi connectivity index (χ4v) is 7.81. The molecule has 0 saturated heterocycles. The van der Waals surface area contributed by atoms with Crippen LogP contribution in [0, 0.1) is 0 Å². The fraction of sp³-hybridized carbons (Fsp3) is 1.00. The van der Waals surface area contributed by atoms with Gasteiger partial charge in [0.1, 0.15) is 0 Å². The first-order valence-electron chi connectivity index (χ1n) is 15.6. The molecular formula is C30H54N2O2. The molecule has 34 heavy (non-hydrogen) atoms. The van der Waals surface area contributed by atoms with E-state index in [9.17, 15) is 0 Å². The van der Waals surface area contributed by atoms with Crippen molar-refractivity contribution < 1.29 is 9.47 Å². The van der Waals surface area contributed by atoms with Gasteiger partial charge < -0.3 is 20.1 Å². The van der Waals surface area contributed by atoms with Crippen LogP contribution in [0.3, 0.4) is 0 Å². The Labute approximate surface area is 210 Å². The van der Waals surface area contributed by atoms with Crippen LogP contribution in [0.15, 0.2) is 0 Å². The van der Waals surface area contributed by atoms with Gasteiger partial charge in [0.05, 0.1) is 24.4 Å². The quantitative estimate of drug-likeness (QED) is 0.406. The summed E-state index contributed by atoms with van der Waals surface area (Å²) in [4.78, 5) is 0. The van der Waals surface area contributed by atoms with Crippen LogP contribution in [0.2, 0.25) is 0 Å². The van der Waals surface area contributed by atoms with E-state index < -0.39 is 0 Å². The highest BCUT2D eigenvalue weighted by Gasteiger charge is 2.33. The molecular weight excluding hydrogens is 420 g/mol. The highest BCUT2D eigenvalue weighted by Crippen LogP contribution is 2.31. The van der Waals surface area contributed by atoms with Gasteiger partial charge in [0.15, 0.2) is 0 Å². The van der Waals surface area contributed by atoms with Gasteiger partial charge in [-0.15, -0.1) is 0 Å². The third-order valence-electron chi connectivity index (χ3n) is 9.89. The van der Waals surface area contributed by atoms with Crippen molar-refractivity contribution in [3.63, 3.8) is 0 Å². The second-order valence-corrected chi connectivity index (χ2v) is 12.6. The third-order valence-corrected chi connectivity index (χ3v) is 9.89. The average molecular weight is 475 g/mol. The summed E-state index contributed by atoms with van der Waals surface area (Å²) in [5.41, 5.74) is 0. The van der Waals surface area contributed by atoms with Gasteiger partial charge in [-0.1, -0.05) is 51.4 Å². The van der Waals surface area contributed by atoms with Crippen LogP contribution in [0.25, 0.3) is 0 Å². The Balaban J connectivity index is 1.01. The summed E-state index contributed by atoms with van der Waals surface area (Å²) in [5, 5.41) is 8.28. The van der Waals surface area contributed by atoms with Crippen molar-refractivity contribution in [1.82, 2.24) is 10.6 Å². The molecule has 5 fully saturated rings. The molecule has 0 aromatic heterocycles. The largest absolute Gasteiger partial charge is 0.375 e. The maximum Gasteiger partial charge on any atom is 0.0580 e. The minimum absolute atomic E-state index is 0.535. The van der Waals surface area contributed by atoms with Crippen molar-refractivity contribution in [3.05, 3.63) is 0 Å². The van der Waals surface area contributed by atoms with Gasteiger partial charge >= 0.3 is 0 Å². The predicted molar refractivity (Wildman–Crippen MR) is 140 cm³/mol. The lowest BCUT2D eigenvalue weighted by atomic mass is 9.85. The van der Waals surface area contributed by atoms with Crippen molar-refractivity contribution >= 4 is 0 Å². The Morgan fingerprint density at radius 1 is 0.324 bits per heavy atom. The molecule has 4 heteroatoms. The topological polar surface area (TPSA) is 42.5 Å². The molecule has 5 saturated carbocycles. The van der Waals surface area contributed by atoms with E-state index in [1.807, 2.05) is 0 Å². The van der Waals surface area contributed by atoms with Crippen LogP contribution < -0.4 is 10.6 Å². The Morgan fingerprint density at radius 2 is 0.647 bits per heavy atom. The molecule has 196 valence electrons. The van der Waals surface area contributed by atoms with Gasteiger partial charge in [0.2, 0.25) is 0 Å². The second-order valence-electron chi connectivity index (χ2n) is 12.6. The standard InChI is InChI=1S/C30H54N2O2/c1-3-9-25(10-4-1)33-27-19-15-23(16-20-27)31-29-13-7-8-14-30(29)32-24-17-21-28(22-18-24)34-26-11-5-2-6-12-26/h23-32H,1-22H2. The minimum atomic E-state index is 0.535. The lowest BCUT2D eigenvalue weighted by molar-refractivity contribution is -0.0502. The highest BCUT2D eigenvalue weighted by atomic mass is 16.5. The van der Waals surface area contributed by atoms with Crippen LogP contribution in [-0.4, -0.2) is 48.6 Å². The van der Waals surface area contributed by atoms with E-state index in [0.29, 0.717) is 48.6 Å².